The smallest absolute Gasteiger partial charge is 0.239 e. The second-order valence-electron chi connectivity index (χ2n) is 1.95. The zero-order valence-electron chi connectivity index (χ0n) is 6.73. The Bertz CT molecular complexity index is 238. The molecule has 4 heteroatoms. The minimum atomic E-state index is 0.370. The van der Waals surface area contributed by atoms with E-state index < -0.39 is 0 Å². The molecule has 0 bridgehead atoms. The number of pyridine rings is 1. The molecule has 0 spiro atoms. The van der Waals surface area contributed by atoms with E-state index in [1.807, 2.05) is 0 Å². The highest BCUT2D eigenvalue weighted by Gasteiger charge is 2.04. The monoisotopic (exact) mass is 165 g/mol. The van der Waals surface area contributed by atoms with Crippen LogP contribution in [0.4, 0.5) is 5.82 Å². The van der Waals surface area contributed by atoms with E-state index in [4.69, 9.17) is 4.84 Å². The van der Waals surface area contributed by atoms with Gasteiger partial charge in [0.2, 0.25) is 6.41 Å². The maximum atomic E-state index is 10.4. The third-order valence-corrected chi connectivity index (χ3v) is 1.16. The average molecular weight is 165 g/mol. The van der Waals surface area contributed by atoms with Crippen molar-refractivity contribution in [2.45, 2.75) is 6.92 Å². The summed E-state index contributed by atoms with van der Waals surface area (Å²) < 4.78 is 0. The van der Waals surface area contributed by atoms with Crippen LogP contribution in [0.25, 0.3) is 0 Å². The van der Waals surface area contributed by atoms with E-state index in [2.05, 4.69) is 11.1 Å². The molecular weight excluding hydrogens is 156 g/mol. The molecule has 1 aromatic heterocycles. The Labute approximate surface area is 70.7 Å². The molecule has 4 nitrogen and oxygen atoms in total. The van der Waals surface area contributed by atoms with Crippen molar-refractivity contribution in [1.82, 2.24) is 4.98 Å². The van der Waals surface area contributed by atoms with E-state index in [1.54, 1.807) is 25.3 Å². The van der Waals surface area contributed by atoms with Gasteiger partial charge >= 0.3 is 0 Å². The molecule has 0 N–H and O–H groups in total. The number of carbonyl (C=O) groups is 1. The topological polar surface area (TPSA) is 42.4 Å². The summed E-state index contributed by atoms with van der Waals surface area (Å²) in [7, 11) is 0. The van der Waals surface area contributed by atoms with Crippen LogP contribution in [0, 0.1) is 6.07 Å². The lowest BCUT2D eigenvalue weighted by Crippen LogP contribution is -2.22. The van der Waals surface area contributed by atoms with Crippen LogP contribution in [0.3, 0.4) is 0 Å². The van der Waals surface area contributed by atoms with E-state index >= 15 is 0 Å². The highest BCUT2D eigenvalue weighted by Crippen LogP contribution is 2.05. The second kappa shape index (κ2) is 4.46. The molecule has 1 rings (SSSR count). The summed E-state index contributed by atoms with van der Waals surface area (Å²) in [5.41, 5.74) is 0. The maximum Gasteiger partial charge on any atom is 0.239 e. The van der Waals surface area contributed by atoms with Crippen molar-refractivity contribution in [2.75, 3.05) is 11.7 Å². The fraction of sp³-hybridized carbons (Fsp3) is 0.250. The number of anilines is 1. The number of carbonyl (C=O) groups excluding carboxylic acids is 1. The fourth-order valence-corrected chi connectivity index (χ4v) is 0.718. The summed E-state index contributed by atoms with van der Waals surface area (Å²) in [6.45, 7) is 2.21. The Hall–Kier alpha value is -1.42. The van der Waals surface area contributed by atoms with Crippen LogP contribution >= 0.6 is 0 Å². The van der Waals surface area contributed by atoms with Crippen LogP contribution in [-0.2, 0) is 9.63 Å². The number of hydrogen-bond donors (Lipinski definition) is 0. The van der Waals surface area contributed by atoms with Crippen LogP contribution in [-0.4, -0.2) is 18.0 Å². The van der Waals surface area contributed by atoms with E-state index in [9.17, 15) is 4.79 Å². The normalized spacial score (nSPS) is 9.42. The van der Waals surface area contributed by atoms with Gasteiger partial charge in [0, 0.05) is 12.3 Å². The van der Waals surface area contributed by atoms with Gasteiger partial charge in [-0.05, 0) is 19.1 Å². The fourth-order valence-electron chi connectivity index (χ4n) is 0.718. The molecule has 0 saturated carbocycles. The molecule has 0 unspecified atom stereocenters. The van der Waals surface area contributed by atoms with E-state index in [1.165, 1.54) is 0 Å². The molecule has 0 fully saturated rings. The number of hydrogen-bond acceptors (Lipinski definition) is 3. The Morgan fingerprint density at radius 2 is 2.67 bits per heavy atom. The van der Waals surface area contributed by atoms with Gasteiger partial charge in [-0.1, -0.05) is 0 Å². The van der Waals surface area contributed by atoms with E-state index in [0.717, 1.165) is 5.06 Å². The first-order valence-electron chi connectivity index (χ1n) is 3.58. The first-order chi connectivity index (χ1) is 5.88. The van der Waals surface area contributed by atoms with Gasteiger partial charge in [-0.3, -0.25) is 9.63 Å². The molecule has 1 amide bonds. The highest BCUT2D eigenvalue weighted by molar-refractivity contribution is 5.69. The number of rotatable bonds is 4. The quantitative estimate of drug-likeness (QED) is 0.489. The lowest BCUT2D eigenvalue weighted by atomic mass is 10.5. The van der Waals surface area contributed by atoms with E-state index in [0.29, 0.717) is 18.8 Å². The van der Waals surface area contributed by atoms with Crippen LogP contribution < -0.4 is 5.06 Å². The van der Waals surface area contributed by atoms with Crippen LogP contribution in [0.5, 0.6) is 0 Å². The molecule has 1 heterocycles. The summed E-state index contributed by atoms with van der Waals surface area (Å²) in [5, 5.41) is 1.04. The summed E-state index contributed by atoms with van der Waals surface area (Å²) in [5.74, 6) is 0.370. The van der Waals surface area contributed by atoms with Crippen molar-refractivity contribution >= 4 is 12.2 Å². The van der Waals surface area contributed by atoms with Crippen molar-refractivity contribution in [3.05, 3.63) is 24.4 Å². The minimum Gasteiger partial charge on any atom is -0.276 e. The first kappa shape index (κ1) is 8.67. The standard InChI is InChI=1S/C8H9N2O2/c1-2-12-10(7-11)8-5-3-4-6-9-8/h3-4,6-7H,2H2,1H3. The number of nitrogens with zero attached hydrogens (tertiary/aromatic N) is 2. The molecule has 63 valence electrons. The van der Waals surface area contributed by atoms with Gasteiger partial charge in [0.05, 0.1) is 6.61 Å². The van der Waals surface area contributed by atoms with Gasteiger partial charge < -0.3 is 0 Å². The molecule has 0 aliphatic rings. The van der Waals surface area contributed by atoms with Crippen molar-refractivity contribution in [2.24, 2.45) is 0 Å². The first-order valence-corrected chi connectivity index (χ1v) is 3.58. The number of hydroxylamine groups is 1. The summed E-state index contributed by atoms with van der Waals surface area (Å²) in [6.07, 6.45) is 2.13. The van der Waals surface area contributed by atoms with Gasteiger partial charge in [-0.25, -0.2) is 4.98 Å². The second-order valence-corrected chi connectivity index (χ2v) is 1.95. The van der Waals surface area contributed by atoms with Crippen molar-refractivity contribution in [3.63, 3.8) is 0 Å². The summed E-state index contributed by atoms with van der Waals surface area (Å²) in [4.78, 5) is 19.3. The lowest BCUT2D eigenvalue weighted by Gasteiger charge is -2.12. The molecule has 12 heavy (non-hydrogen) atoms. The molecule has 0 aliphatic carbocycles. The van der Waals surface area contributed by atoms with Crippen molar-refractivity contribution in [1.29, 1.82) is 0 Å². The third kappa shape index (κ3) is 2.03. The minimum absolute atomic E-state index is 0.370. The maximum absolute atomic E-state index is 10.4. The van der Waals surface area contributed by atoms with Gasteiger partial charge in [0.15, 0.2) is 5.82 Å². The van der Waals surface area contributed by atoms with E-state index in [-0.39, 0.29) is 0 Å². The molecule has 0 aromatic carbocycles. The average Bonchev–Trinajstić information content (AvgIpc) is 2.15. The van der Waals surface area contributed by atoms with Gasteiger partial charge in [-0.15, -0.1) is 0 Å². The Kier molecular flexibility index (Phi) is 3.22. The Morgan fingerprint density at radius 1 is 1.83 bits per heavy atom. The van der Waals surface area contributed by atoms with Crippen LogP contribution in [0.15, 0.2) is 18.3 Å². The predicted molar refractivity (Wildman–Crippen MR) is 43.2 cm³/mol. The van der Waals surface area contributed by atoms with Gasteiger partial charge in [-0.2, -0.15) is 5.06 Å². The zero-order valence-corrected chi connectivity index (χ0v) is 6.73. The van der Waals surface area contributed by atoms with Crippen molar-refractivity contribution in [3.8, 4) is 0 Å². The predicted octanol–water partition coefficient (Wildman–Crippen LogP) is 0.796. The third-order valence-electron chi connectivity index (χ3n) is 1.16. The van der Waals surface area contributed by atoms with Gasteiger partial charge in [0.1, 0.15) is 0 Å². The van der Waals surface area contributed by atoms with Crippen LogP contribution in [0.2, 0.25) is 0 Å². The molecule has 0 saturated heterocycles. The Balaban J connectivity index is 2.73. The number of aromatic nitrogens is 1. The zero-order chi connectivity index (χ0) is 8.81. The lowest BCUT2D eigenvalue weighted by molar-refractivity contribution is -0.113. The van der Waals surface area contributed by atoms with Gasteiger partial charge in [0.25, 0.3) is 0 Å². The molecule has 1 radical (unpaired) electrons. The van der Waals surface area contributed by atoms with Crippen LogP contribution in [0.1, 0.15) is 6.92 Å². The largest absolute Gasteiger partial charge is 0.276 e. The summed E-state index contributed by atoms with van der Waals surface area (Å²) >= 11 is 0. The molecular formula is C8H9N2O2. The molecule has 0 aliphatic heterocycles. The Morgan fingerprint density at radius 3 is 3.17 bits per heavy atom. The number of amides is 1. The van der Waals surface area contributed by atoms with Crippen molar-refractivity contribution < 1.29 is 9.63 Å². The molecule has 0 atom stereocenters. The SMILES string of the molecule is CCON(C=O)c1[c]cccn1. The summed E-state index contributed by atoms with van der Waals surface area (Å²) in [6, 6.07) is 6.15. The molecule has 1 aromatic rings. The highest BCUT2D eigenvalue weighted by atomic mass is 16.7.